The molecule has 0 aromatic carbocycles. The van der Waals surface area contributed by atoms with Crippen molar-refractivity contribution in [2.45, 2.75) is 52.1 Å². The molecule has 90 valence electrons. The van der Waals surface area contributed by atoms with Crippen molar-refractivity contribution in [2.24, 2.45) is 11.8 Å². The lowest BCUT2D eigenvalue weighted by molar-refractivity contribution is 0.238. The van der Waals surface area contributed by atoms with Gasteiger partial charge in [-0.15, -0.1) is 0 Å². The fourth-order valence-electron chi connectivity index (χ4n) is 2.38. The maximum Gasteiger partial charge on any atom is 0.0242 e. The molecule has 0 radical (unpaired) electrons. The molecule has 2 nitrogen and oxygen atoms in total. The van der Waals surface area contributed by atoms with Gasteiger partial charge in [0.05, 0.1) is 0 Å². The van der Waals surface area contributed by atoms with E-state index in [-0.39, 0.29) is 0 Å². The molecule has 0 saturated heterocycles. The molecule has 0 aliphatic heterocycles. The minimum Gasteiger partial charge on any atom is -0.312 e. The molecule has 2 atom stereocenters. The summed E-state index contributed by atoms with van der Waals surface area (Å²) in [6.45, 7) is 8.06. The van der Waals surface area contributed by atoms with Crippen LogP contribution in [-0.2, 0) is 0 Å². The lowest BCUT2D eigenvalue weighted by atomic mass is 10.0. The first-order valence-electron chi connectivity index (χ1n) is 6.46. The Bertz CT molecular complexity index is 171. The minimum absolute atomic E-state index is 0.686. The van der Waals surface area contributed by atoms with Crippen molar-refractivity contribution in [2.75, 3.05) is 20.6 Å². The van der Waals surface area contributed by atoms with Crippen LogP contribution in [-0.4, -0.2) is 37.6 Å². The third-order valence-corrected chi connectivity index (χ3v) is 3.66. The fourth-order valence-corrected chi connectivity index (χ4v) is 2.38. The van der Waals surface area contributed by atoms with Gasteiger partial charge in [-0.25, -0.2) is 0 Å². The van der Waals surface area contributed by atoms with Crippen LogP contribution in [0.4, 0.5) is 0 Å². The van der Waals surface area contributed by atoms with Crippen LogP contribution in [0.3, 0.4) is 0 Å². The zero-order valence-electron chi connectivity index (χ0n) is 11.1. The van der Waals surface area contributed by atoms with Crippen LogP contribution >= 0.6 is 0 Å². The average Bonchev–Trinajstić information content (AvgIpc) is 2.94. The quantitative estimate of drug-likeness (QED) is 0.697. The van der Waals surface area contributed by atoms with Gasteiger partial charge in [-0.05, 0) is 45.2 Å². The Morgan fingerprint density at radius 3 is 2.20 bits per heavy atom. The van der Waals surface area contributed by atoms with E-state index in [9.17, 15) is 0 Å². The monoisotopic (exact) mass is 212 g/mol. The molecule has 1 fully saturated rings. The SMILES string of the molecule is CCC(NCC(C1CC1)N(C)C)C(C)C. The minimum atomic E-state index is 0.686. The van der Waals surface area contributed by atoms with Gasteiger partial charge in [0.1, 0.15) is 0 Å². The highest BCUT2D eigenvalue weighted by Gasteiger charge is 2.32. The van der Waals surface area contributed by atoms with Gasteiger partial charge in [-0.1, -0.05) is 20.8 Å². The first-order valence-corrected chi connectivity index (χ1v) is 6.46. The van der Waals surface area contributed by atoms with Crippen molar-refractivity contribution in [3.8, 4) is 0 Å². The summed E-state index contributed by atoms with van der Waals surface area (Å²) in [5.41, 5.74) is 0. The Balaban J connectivity index is 2.31. The van der Waals surface area contributed by atoms with Gasteiger partial charge >= 0.3 is 0 Å². The van der Waals surface area contributed by atoms with Gasteiger partial charge in [-0.3, -0.25) is 0 Å². The predicted molar refractivity (Wildman–Crippen MR) is 67.1 cm³/mol. The van der Waals surface area contributed by atoms with Gasteiger partial charge in [0.2, 0.25) is 0 Å². The summed E-state index contributed by atoms with van der Waals surface area (Å²) in [5.74, 6) is 1.70. The lowest BCUT2D eigenvalue weighted by Gasteiger charge is -2.28. The molecule has 0 heterocycles. The highest BCUT2D eigenvalue weighted by molar-refractivity contribution is 4.88. The molecular weight excluding hydrogens is 184 g/mol. The third-order valence-electron chi connectivity index (χ3n) is 3.66. The standard InChI is InChI=1S/C13H28N2/c1-6-12(10(2)3)14-9-13(15(4)5)11-7-8-11/h10-14H,6-9H2,1-5H3. The van der Waals surface area contributed by atoms with E-state index in [1.54, 1.807) is 0 Å². The Labute approximate surface area is 95.4 Å². The van der Waals surface area contributed by atoms with Crippen molar-refractivity contribution in [1.29, 1.82) is 0 Å². The largest absolute Gasteiger partial charge is 0.312 e. The summed E-state index contributed by atoms with van der Waals surface area (Å²) in [5, 5.41) is 3.73. The summed E-state index contributed by atoms with van der Waals surface area (Å²) >= 11 is 0. The van der Waals surface area contributed by atoms with Crippen molar-refractivity contribution in [3.63, 3.8) is 0 Å². The van der Waals surface area contributed by atoms with Crippen LogP contribution < -0.4 is 5.32 Å². The van der Waals surface area contributed by atoms with Gasteiger partial charge in [0, 0.05) is 18.6 Å². The molecule has 0 aromatic heterocycles. The van der Waals surface area contributed by atoms with E-state index >= 15 is 0 Å². The summed E-state index contributed by atoms with van der Waals surface area (Å²) < 4.78 is 0. The molecule has 0 amide bonds. The molecule has 0 aromatic rings. The van der Waals surface area contributed by atoms with Gasteiger partial charge in [-0.2, -0.15) is 0 Å². The zero-order chi connectivity index (χ0) is 11.4. The van der Waals surface area contributed by atoms with Crippen LogP contribution in [0.5, 0.6) is 0 Å². The van der Waals surface area contributed by atoms with Crippen molar-refractivity contribution in [3.05, 3.63) is 0 Å². The molecule has 15 heavy (non-hydrogen) atoms. The molecule has 1 aliphatic carbocycles. The molecule has 0 spiro atoms. The van der Waals surface area contributed by atoms with Crippen LogP contribution in [0.25, 0.3) is 0 Å². The van der Waals surface area contributed by atoms with Crippen molar-refractivity contribution < 1.29 is 0 Å². The number of nitrogens with zero attached hydrogens (tertiary/aromatic N) is 1. The van der Waals surface area contributed by atoms with E-state index < -0.39 is 0 Å². The van der Waals surface area contributed by atoms with Gasteiger partial charge in [0.15, 0.2) is 0 Å². The molecule has 0 bridgehead atoms. The molecule has 1 rings (SSSR count). The highest BCUT2D eigenvalue weighted by Crippen LogP contribution is 2.34. The molecule has 1 aliphatic rings. The normalized spacial score (nSPS) is 21.0. The van der Waals surface area contributed by atoms with E-state index in [1.165, 1.54) is 19.3 Å². The van der Waals surface area contributed by atoms with E-state index in [0.717, 1.165) is 24.4 Å². The Kier molecular flexibility index (Phi) is 5.07. The number of likely N-dealkylation sites (N-methyl/N-ethyl adjacent to an activating group) is 1. The first-order chi connectivity index (χ1) is 7.06. The number of rotatable bonds is 7. The van der Waals surface area contributed by atoms with E-state index in [4.69, 9.17) is 0 Å². The molecule has 1 saturated carbocycles. The fraction of sp³-hybridized carbons (Fsp3) is 1.00. The van der Waals surface area contributed by atoms with Gasteiger partial charge in [0.25, 0.3) is 0 Å². The summed E-state index contributed by atoms with van der Waals surface area (Å²) in [6.07, 6.45) is 4.11. The molecular formula is C13H28N2. The maximum absolute atomic E-state index is 3.73. The second-order valence-electron chi connectivity index (χ2n) is 5.54. The van der Waals surface area contributed by atoms with Crippen LogP contribution in [0.2, 0.25) is 0 Å². The molecule has 2 heteroatoms. The highest BCUT2D eigenvalue weighted by atomic mass is 15.1. The summed E-state index contributed by atoms with van der Waals surface area (Å²) in [6, 6.07) is 1.43. The smallest absolute Gasteiger partial charge is 0.0242 e. The number of hydrogen-bond donors (Lipinski definition) is 1. The Hall–Kier alpha value is -0.0800. The third kappa shape index (κ3) is 4.12. The summed E-state index contributed by atoms with van der Waals surface area (Å²) in [4.78, 5) is 2.39. The van der Waals surface area contributed by atoms with Crippen LogP contribution in [0.1, 0.15) is 40.0 Å². The second kappa shape index (κ2) is 5.86. The molecule has 2 unspecified atom stereocenters. The Morgan fingerprint density at radius 2 is 1.87 bits per heavy atom. The van der Waals surface area contributed by atoms with E-state index in [0.29, 0.717) is 6.04 Å². The van der Waals surface area contributed by atoms with Crippen LogP contribution in [0.15, 0.2) is 0 Å². The van der Waals surface area contributed by atoms with E-state index in [2.05, 4.69) is 45.1 Å². The first kappa shape index (κ1) is 13.0. The topological polar surface area (TPSA) is 15.3 Å². The maximum atomic E-state index is 3.73. The summed E-state index contributed by atoms with van der Waals surface area (Å²) in [7, 11) is 4.42. The predicted octanol–water partition coefficient (Wildman–Crippen LogP) is 2.35. The lowest BCUT2D eigenvalue weighted by Crippen LogP contribution is -2.44. The number of nitrogens with one attached hydrogen (secondary N) is 1. The van der Waals surface area contributed by atoms with Crippen molar-refractivity contribution >= 4 is 0 Å². The zero-order valence-corrected chi connectivity index (χ0v) is 11.1. The Morgan fingerprint density at radius 1 is 1.27 bits per heavy atom. The second-order valence-corrected chi connectivity index (χ2v) is 5.54. The van der Waals surface area contributed by atoms with Crippen LogP contribution in [0, 0.1) is 11.8 Å². The number of hydrogen-bond acceptors (Lipinski definition) is 2. The van der Waals surface area contributed by atoms with Gasteiger partial charge < -0.3 is 10.2 Å². The molecule has 1 N–H and O–H groups in total. The van der Waals surface area contributed by atoms with Crippen molar-refractivity contribution in [1.82, 2.24) is 10.2 Å². The average molecular weight is 212 g/mol. The van der Waals surface area contributed by atoms with E-state index in [1.807, 2.05) is 0 Å².